The Labute approximate surface area is 168 Å². The van der Waals surface area contributed by atoms with E-state index in [-0.39, 0.29) is 16.2 Å². The minimum absolute atomic E-state index is 0. The first-order chi connectivity index (χ1) is 12.8. The minimum atomic E-state index is -1.25. The molecule has 0 saturated carbocycles. The summed E-state index contributed by atoms with van der Waals surface area (Å²) < 4.78 is 0. The molecule has 1 saturated heterocycles. The van der Waals surface area contributed by atoms with Crippen LogP contribution in [0.5, 0.6) is 0 Å². The Morgan fingerprint density at radius 1 is 1.39 bits per heavy atom. The van der Waals surface area contributed by atoms with Crippen LogP contribution in [-0.4, -0.2) is 45.3 Å². The number of carbonyl (C=O) groups excluding carboxylic acids is 2. The molecule has 9 heteroatoms. The van der Waals surface area contributed by atoms with Gasteiger partial charge in [0.25, 0.3) is 5.91 Å². The third-order valence-electron chi connectivity index (χ3n) is 4.32. The van der Waals surface area contributed by atoms with Crippen molar-refractivity contribution in [2.75, 3.05) is 0 Å². The van der Waals surface area contributed by atoms with Crippen molar-refractivity contribution in [1.82, 2.24) is 10.2 Å². The summed E-state index contributed by atoms with van der Waals surface area (Å²) in [5.41, 5.74) is 6.35. The Morgan fingerprint density at radius 3 is 2.50 bits per heavy atom. The molecule has 0 unspecified atom stereocenters. The van der Waals surface area contributed by atoms with Crippen LogP contribution in [0.25, 0.3) is 0 Å². The molecule has 153 valence electrons. The summed E-state index contributed by atoms with van der Waals surface area (Å²) in [5.74, 6) is -2.20. The topological polar surface area (TPSA) is 144 Å². The summed E-state index contributed by atoms with van der Waals surface area (Å²) in [6.07, 6.45) is 1.85. The maximum Gasteiger partial charge on any atom is 0.353 e. The molecule has 2 amide bonds. The van der Waals surface area contributed by atoms with E-state index in [0.29, 0.717) is 18.4 Å². The molecule has 0 bridgehead atoms. The van der Waals surface area contributed by atoms with Crippen LogP contribution in [0.2, 0.25) is 0 Å². The van der Waals surface area contributed by atoms with Gasteiger partial charge in [0.15, 0.2) is 0 Å². The van der Waals surface area contributed by atoms with Crippen LogP contribution in [0.1, 0.15) is 37.8 Å². The number of nitrogens with one attached hydrogen (secondary N) is 1. The van der Waals surface area contributed by atoms with Crippen LogP contribution in [0.15, 0.2) is 41.1 Å². The maximum atomic E-state index is 12.3. The first kappa shape index (κ1) is 23.6. The second kappa shape index (κ2) is 10.2. The van der Waals surface area contributed by atoms with Gasteiger partial charge in [0.1, 0.15) is 17.8 Å². The second-order valence-corrected chi connectivity index (χ2v) is 6.70. The predicted molar refractivity (Wildman–Crippen MR) is 105 cm³/mol. The molecule has 6 N–H and O–H groups in total. The number of nitrogens with two attached hydrogens (primary N) is 1. The van der Waals surface area contributed by atoms with Crippen molar-refractivity contribution in [3.8, 4) is 0 Å². The lowest BCUT2D eigenvalue weighted by atomic mass is 9.86. The smallest absolute Gasteiger partial charge is 0.353 e. The fourth-order valence-electron chi connectivity index (χ4n) is 3.07. The van der Waals surface area contributed by atoms with Gasteiger partial charge in [-0.2, -0.15) is 0 Å². The number of carboxylic acid groups (broad SMARTS) is 1. The fraction of sp³-hybridized carbons (Fsp3) is 0.368. The largest absolute Gasteiger partial charge is 0.477 e. The number of benzene rings is 1. The molecular formula is C19H25ClN3O5. The number of halogens is 1. The zero-order valence-corrected chi connectivity index (χ0v) is 16.3. The summed E-state index contributed by atoms with van der Waals surface area (Å²) >= 11 is 5.92. The molecule has 0 aromatic heterocycles. The molecule has 1 aromatic rings. The summed E-state index contributed by atoms with van der Waals surface area (Å²) in [5, 5.41) is 12.0. The Hall–Kier alpha value is -2.42. The third kappa shape index (κ3) is 4.70. The van der Waals surface area contributed by atoms with Crippen molar-refractivity contribution in [2.24, 2.45) is 5.73 Å². The number of β-lactam (4-membered cyclic amide) rings is 1. The Bertz CT molecular complexity index is 753. The van der Waals surface area contributed by atoms with Gasteiger partial charge in [-0.05, 0) is 18.4 Å². The van der Waals surface area contributed by atoms with Gasteiger partial charge in [-0.1, -0.05) is 62.2 Å². The molecule has 0 spiro atoms. The van der Waals surface area contributed by atoms with Crippen molar-refractivity contribution in [2.45, 2.75) is 44.3 Å². The molecule has 1 fully saturated rings. The van der Waals surface area contributed by atoms with Crippen molar-refractivity contribution in [1.29, 1.82) is 0 Å². The molecule has 28 heavy (non-hydrogen) atoms. The Morgan fingerprint density at radius 2 is 1.96 bits per heavy atom. The monoisotopic (exact) mass is 410 g/mol. The van der Waals surface area contributed by atoms with Gasteiger partial charge in [0.2, 0.25) is 5.91 Å². The van der Waals surface area contributed by atoms with Crippen molar-refractivity contribution < 1.29 is 25.0 Å². The molecule has 2 aliphatic heterocycles. The van der Waals surface area contributed by atoms with Crippen LogP contribution < -0.4 is 11.1 Å². The lowest BCUT2D eigenvalue weighted by molar-refractivity contribution is -0.156. The standard InChI is InChI=1S/C16H16ClN3O4.C3H7.H2O/c17-9-6-7-10-12(15(22)20(10)13(9)16(23)24)19-14(21)11(18)8-4-2-1-3-5-8;1-3-2;/h1-5,10-12H,6-7,18H2,(H,19,21)(H,23,24);1,3H2,2H3;1H2/t10-,11-,12+;;/m1../s1. The highest BCUT2D eigenvalue weighted by molar-refractivity contribution is 6.32. The maximum absolute atomic E-state index is 12.3. The van der Waals surface area contributed by atoms with Crippen LogP contribution in [0.4, 0.5) is 0 Å². The number of hydrogen-bond donors (Lipinski definition) is 3. The lowest BCUT2D eigenvalue weighted by Crippen LogP contribution is -2.72. The van der Waals surface area contributed by atoms with Crippen molar-refractivity contribution >= 4 is 29.4 Å². The molecule has 2 aliphatic rings. The zero-order chi connectivity index (χ0) is 20.1. The van der Waals surface area contributed by atoms with E-state index in [1.807, 2.05) is 13.0 Å². The second-order valence-electron chi connectivity index (χ2n) is 6.25. The van der Waals surface area contributed by atoms with Gasteiger partial charge in [-0.15, -0.1) is 0 Å². The molecule has 1 aromatic carbocycles. The highest BCUT2D eigenvalue weighted by Crippen LogP contribution is 2.38. The van der Waals surface area contributed by atoms with Crippen molar-refractivity contribution in [3.63, 3.8) is 0 Å². The third-order valence-corrected chi connectivity index (χ3v) is 4.69. The number of fused-ring (bicyclic) bond motifs is 1. The van der Waals surface area contributed by atoms with Gasteiger partial charge in [-0.25, -0.2) is 4.79 Å². The number of amides is 2. The van der Waals surface area contributed by atoms with E-state index in [2.05, 4.69) is 12.2 Å². The number of rotatable bonds is 4. The summed E-state index contributed by atoms with van der Waals surface area (Å²) in [7, 11) is 0. The van der Waals surface area contributed by atoms with Gasteiger partial charge >= 0.3 is 5.97 Å². The highest BCUT2D eigenvalue weighted by atomic mass is 35.5. The van der Waals surface area contributed by atoms with Gasteiger partial charge in [0, 0.05) is 5.03 Å². The number of carboxylic acids is 1. The highest BCUT2D eigenvalue weighted by Gasteiger charge is 2.53. The van der Waals surface area contributed by atoms with Gasteiger partial charge in [-0.3, -0.25) is 14.5 Å². The molecule has 2 heterocycles. The summed E-state index contributed by atoms with van der Waals surface area (Å²) in [6, 6.07) is 6.74. The zero-order valence-electron chi connectivity index (χ0n) is 15.5. The van der Waals surface area contributed by atoms with E-state index < -0.39 is 35.9 Å². The first-order valence-electron chi connectivity index (χ1n) is 8.68. The van der Waals surface area contributed by atoms with Gasteiger partial charge in [0.05, 0.1) is 6.04 Å². The molecular weight excluding hydrogens is 386 g/mol. The lowest BCUT2D eigenvalue weighted by Gasteiger charge is -2.49. The average molecular weight is 411 g/mol. The number of hydrogen-bond acceptors (Lipinski definition) is 4. The summed E-state index contributed by atoms with van der Waals surface area (Å²) in [4.78, 5) is 37.0. The molecule has 8 nitrogen and oxygen atoms in total. The molecule has 0 aliphatic carbocycles. The summed E-state index contributed by atoms with van der Waals surface area (Å²) in [6.45, 7) is 5.50. The SMILES string of the molecule is N[C@@H](C(=O)N[C@@H]1C(=O)N2C(C(=O)O)=C(Cl)CC[C@H]12)c1ccccc1.O.[CH2]CC. The average Bonchev–Trinajstić information content (AvgIpc) is 2.66. The first-order valence-corrected chi connectivity index (χ1v) is 9.06. The van der Waals surface area contributed by atoms with E-state index >= 15 is 0 Å². The molecule has 3 atom stereocenters. The minimum Gasteiger partial charge on any atom is -0.477 e. The quantitative estimate of drug-likeness (QED) is 0.637. The van der Waals surface area contributed by atoms with Crippen LogP contribution in [-0.2, 0) is 14.4 Å². The van der Waals surface area contributed by atoms with Crippen molar-refractivity contribution in [3.05, 3.63) is 53.5 Å². The number of allylic oxidation sites excluding steroid dienone is 1. The Kier molecular flexibility index (Phi) is 8.62. The van der Waals surface area contributed by atoms with E-state index in [9.17, 15) is 19.5 Å². The number of nitrogens with zero attached hydrogens (tertiary/aromatic N) is 1. The van der Waals surface area contributed by atoms with E-state index in [1.54, 1.807) is 24.3 Å². The predicted octanol–water partition coefficient (Wildman–Crippen LogP) is 1.12. The van der Waals surface area contributed by atoms with Crippen LogP contribution in [0.3, 0.4) is 0 Å². The fourth-order valence-corrected chi connectivity index (χ4v) is 3.35. The van der Waals surface area contributed by atoms with Crippen LogP contribution >= 0.6 is 11.6 Å². The van der Waals surface area contributed by atoms with E-state index in [4.69, 9.17) is 17.3 Å². The van der Waals surface area contributed by atoms with E-state index in [1.165, 1.54) is 0 Å². The van der Waals surface area contributed by atoms with E-state index in [0.717, 1.165) is 11.3 Å². The number of aliphatic carboxylic acids is 1. The van der Waals surface area contributed by atoms with Crippen LogP contribution in [0, 0.1) is 6.92 Å². The normalized spacial score (nSPS) is 21.3. The van der Waals surface area contributed by atoms with Gasteiger partial charge < -0.3 is 21.6 Å². The molecule has 3 rings (SSSR count). The Balaban J connectivity index is 0.000000921. The number of carbonyl (C=O) groups is 3. The molecule has 1 radical (unpaired) electrons.